The second-order valence-electron chi connectivity index (χ2n) is 4.79. The Hall–Kier alpha value is -1.49. The number of amides is 1. The summed E-state index contributed by atoms with van der Waals surface area (Å²) in [7, 11) is -3.28. The predicted molar refractivity (Wildman–Crippen MR) is 79.8 cm³/mol. The Balaban J connectivity index is 1.89. The van der Waals surface area contributed by atoms with E-state index >= 15 is 0 Å². The van der Waals surface area contributed by atoms with Gasteiger partial charge in [0.2, 0.25) is 10.0 Å². The molecule has 1 aromatic rings. The Bertz CT molecular complexity index is 669. The number of thiophene rings is 1. The third-order valence-electron chi connectivity index (χ3n) is 3.10. The van der Waals surface area contributed by atoms with E-state index in [1.807, 2.05) is 0 Å². The molecule has 0 unspecified atom stereocenters. The van der Waals surface area contributed by atoms with Gasteiger partial charge in [-0.15, -0.1) is 11.3 Å². The smallest absolute Gasteiger partial charge is 0.345 e. The fourth-order valence-electron chi connectivity index (χ4n) is 1.99. The molecule has 2 rings (SSSR count). The Morgan fingerprint density at radius 2 is 2.14 bits per heavy atom. The van der Waals surface area contributed by atoms with E-state index < -0.39 is 28.0 Å². The number of morpholine rings is 1. The van der Waals surface area contributed by atoms with Crippen LogP contribution in [0.2, 0.25) is 0 Å². The second kappa shape index (κ2) is 6.73. The molecular weight excluding hydrogens is 332 g/mol. The van der Waals surface area contributed by atoms with E-state index in [9.17, 15) is 18.0 Å². The maximum atomic E-state index is 11.9. The molecular formula is C12H16N2O6S2. The summed E-state index contributed by atoms with van der Waals surface area (Å²) >= 11 is 0.882. The van der Waals surface area contributed by atoms with E-state index in [4.69, 9.17) is 9.84 Å². The highest BCUT2D eigenvalue weighted by molar-refractivity contribution is 7.88. The highest BCUT2D eigenvalue weighted by atomic mass is 32.2. The summed E-state index contributed by atoms with van der Waals surface area (Å²) in [5.74, 6) is -1.49. The normalized spacial score (nSPS) is 19.8. The molecule has 0 radical (unpaired) electrons. The molecule has 1 saturated heterocycles. The number of nitrogens with one attached hydrogen (secondary N) is 1. The maximum absolute atomic E-state index is 11.9. The average molecular weight is 348 g/mol. The van der Waals surface area contributed by atoms with Gasteiger partial charge < -0.3 is 15.2 Å². The van der Waals surface area contributed by atoms with Crippen LogP contribution in [0, 0.1) is 0 Å². The van der Waals surface area contributed by atoms with Crippen molar-refractivity contribution >= 4 is 33.2 Å². The number of carbonyl (C=O) groups excluding carboxylic acids is 1. The number of carbonyl (C=O) groups is 2. The van der Waals surface area contributed by atoms with Crippen molar-refractivity contribution in [1.29, 1.82) is 0 Å². The van der Waals surface area contributed by atoms with Crippen molar-refractivity contribution in [2.75, 3.05) is 32.5 Å². The number of carboxylic acids is 1. The van der Waals surface area contributed by atoms with Crippen molar-refractivity contribution in [3.05, 3.63) is 21.9 Å². The number of ether oxygens (including phenoxy) is 1. The molecule has 1 atom stereocenters. The lowest BCUT2D eigenvalue weighted by Crippen LogP contribution is -2.49. The number of rotatable bonds is 5. The fraction of sp³-hybridized carbons (Fsp3) is 0.500. The SMILES string of the molecule is CS(=O)(=O)N1CCO[C@@H](CNC(=O)c2ccc(C(=O)O)s2)C1. The van der Waals surface area contributed by atoms with E-state index in [0.29, 0.717) is 6.54 Å². The van der Waals surface area contributed by atoms with Crippen molar-refractivity contribution < 1.29 is 27.9 Å². The van der Waals surface area contributed by atoms with Crippen molar-refractivity contribution in [2.24, 2.45) is 0 Å². The molecule has 1 aliphatic heterocycles. The average Bonchev–Trinajstić information content (AvgIpc) is 2.94. The summed E-state index contributed by atoms with van der Waals surface area (Å²) in [6.07, 6.45) is 0.707. The molecule has 1 aromatic heterocycles. The van der Waals surface area contributed by atoms with Gasteiger partial charge in [-0.2, -0.15) is 4.31 Å². The largest absolute Gasteiger partial charge is 0.477 e. The summed E-state index contributed by atoms with van der Waals surface area (Å²) in [4.78, 5) is 23.1. The van der Waals surface area contributed by atoms with E-state index in [2.05, 4.69) is 5.32 Å². The monoisotopic (exact) mass is 348 g/mol. The van der Waals surface area contributed by atoms with Crippen LogP contribution in [0.3, 0.4) is 0 Å². The van der Waals surface area contributed by atoms with Crippen LogP contribution in [0.5, 0.6) is 0 Å². The van der Waals surface area contributed by atoms with Crippen LogP contribution in [-0.2, 0) is 14.8 Å². The molecule has 0 bridgehead atoms. The third-order valence-corrected chi connectivity index (χ3v) is 5.44. The second-order valence-corrected chi connectivity index (χ2v) is 7.86. The van der Waals surface area contributed by atoms with Crippen LogP contribution < -0.4 is 5.32 Å². The Morgan fingerprint density at radius 1 is 1.45 bits per heavy atom. The van der Waals surface area contributed by atoms with Crippen LogP contribution >= 0.6 is 11.3 Å². The first kappa shape index (κ1) is 16.9. The highest BCUT2D eigenvalue weighted by Gasteiger charge is 2.26. The zero-order chi connectivity index (χ0) is 16.3. The zero-order valence-corrected chi connectivity index (χ0v) is 13.4. The van der Waals surface area contributed by atoms with E-state index in [1.54, 1.807) is 0 Å². The molecule has 1 amide bonds. The van der Waals surface area contributed by atoms with Gasteiger partial charge in [-0.3, -0.25) is 4.79 Å². The zero-order valence-electron chi connectivity index (χ0n) is 11.8. The first-order valence-corrected chi connectivity index (χ1v) is 9.12. The molecule has 0 aliphatic carbocycles. The molecule has 1 fully saturated rings. The lowest BCUT2D eigenvalue weighted by atomic mass is 10.3. The van der Waals surface area contributed by atoms with Crippen molar-refractivity contribution in [3.8, 4) is 0 Å². The molecule has 22 heavy (non-hydrogen) atoms. The summed E-state index contributed by atoms with van der Waals surface area (Å²) in [6, 6.07) is 2.80. The van der Waals surface area contributed by atoms with Gasteiger partial charge in [-0.05, 0) is 12.1 Å². The highest BCUT2D eigenvalue weighted by Crippen LogP contribution is 2.16. The molecule has 2 heterocycles. The quantitative estimate of drug-likeness (QED) is 0.764. The first-order chi connectivity index (χ1) is 10.3. The van der Waals surface area contributed by atoms with Crippen LogP contribution in [0.1, 0.15) is 19.3 Å². The van der Waals surface area contributed by atoms with E-state index in [0.717, 1.165) is 17.6 Å². The van der Waals surface area contributed by atoms with Gasteiger partial charge in [0.1, 0.15) is 4.88 Å². The molecule has 122 valence electrons. The van der Waals surface area contributed by atoms with Crippen molar-refractivity contribution in [1.82, 2.24) is 9.62 Å². The minimum absolute atomic E-state index is 0.0855. The minimum Gasteiger partial charge on any atom is -0.477 e. The first-order valence-electron chi connectivity index (χ1n) is 6.45. The number of nitrogens with zero attached hydrogens (tertiary/aromatic N) is 1. The molecule has 8 nitrogen and oxygen atoms in total. The molecule has 0 saturated carbocycles. The van der Waals surface area contributed by atoms with E-state index in [1.165, 1.54) is 16.4 Å². The molecule has 0 spiro atoms. The lowest BCUT2D eigenvalue weighted by molar-refractivity contribution is 0.000460. The van der Waals surface area contributed by atoms with Crippen LogP contribution in [0.15, 0.2) is 12.1 Å². The van der Waals surface area contributed by atoms with Gasteiger partial charge in [-0.1, -0.05) is 0 Å². The van der Waals surface area contributed by atoms with E-state index in [-0.39, 0.29) is 29.5 Å². The van der Waals surface area contributed by atoms with Gasteiger partial charge >= 0.3 is 5.97 Å². The minimum atomic E-state index is -3.28. The topological polar surface area (TPSA) is 113 Å². The standard InChI is InChI=1S/C12H16N2O6S2/c1-22(18,19)14-4-5-20-8(7-14)6-13-11(15)9-2-3-10(21-9)12(16)17/h2-3,8H,4-7H2,1H3,(H,13,15)(H,16,17)/t8-/m0/s1. The Labute approximate surface area is 131 Å². The van der Waals surface area contributed by atoms with Gasteiger partial charge in [0.05, 0.1) is 23.8 Å². The number of carboxylic acid groups (broad SMARTS) is 1. The fourth-order valence-corrected chi connectivity index (χ4v) is 3.59. The van der Waals surface area contributed by atoms with Gasteiger partial charge in [-0.25, -0.2) is 13.2 Å². The van der Waals surface area contributed by atoms with Crippen LogP contribution in [0.4, 0.5) is 0 Å². The molecule has 1 aliphatic rings. The molecule has 10 heteroatoms. The molecule has 2 N–H and O–H groups in total. The number of aromatic carboxylic acids is 1. The predicted octanol–water partition coefficient (Wildman–Crippen LogP) is -0.163. The van der Waals surface area contributed by atoms with Gasteiger partial charge in [0.25, 0.3) is 5.91 Å². The number of hydrogen-bond acceptors (Lipinski definition) is 6. The maximum Gasteiger partial charge on any atom is 0.345 e. The summed E-state index contributed by atoms with van der Waals surface area (Å²) in [6.45, 7) is 0.918. The van der Waals surface area contributed by atoms with Crippen LogP contribution in [-0.4, -0.2) is 68.3 Å². The Kier molecular flexibility index (Phi) is 5.16. The van der Waals surface area contributed by atoms with Crippen molar-refractivity contribution in [2.45, 2.75) is 6.10 Å². The number of hydrogen-bond donors (Lipinski definition) is 2. The van der Waals surface area contributed by atoms with Crippen molar-refractivity contribution in [3.63, 3.8) is 0 Å². The van der Waals surface area contributed by atoms with Gasteiger partial charge in [0.15, 0.2) is 0 Å². The summed E-state index contributed by atoms with van der Waals surface area (Å²) < 4.78 is 29.7. The molecule has 0 aromatic carbocycles. The third kappa shape index (κ3) is 4.26. The summed E-state index contributed by atoms with van der Waals surface area (Å²) in [5.41, 5.74) is 0. The Morgan fingerprint density at radius 3 is 2.73 bits per heavy atom. The number of sulfonamides is 1. The lowest BCUT2D eigenvalue weighted by Gasteiger charge is -2.31. The van der Waals surface area contributed by atoms with Gasteiger partial charge in [0, 0.05) is 19.6 Å². The summed E-state index contributed by atoms with van der Waals surface area (Å²) in [5, 5.41) is 11.4. The van der Waals surface area contributed by atoms with Crippen LogP contribution in [0.25, 0.3) is 0 Å².